The number of nitrogens with two attached hydrogens (primary N) is 1. The van der Waals surface area contributed by atoms with E-state index >= 15 is 0 Å². The maximum atomic E-state index is 5.66. The highest BCUT2D eigenvalue weighted by atomic mass is 32.2. The van der Waals surface area contributed by atoms with Gasteiger partial charge in [-0.15, -0.1) is 0 Å². The van der Waals surface area contributed by atoms with Gasteiger partial charge in [0.15, 0.2) is 0 Å². The molecule has 2 rings (SSSR count). The molecule has 0 spiro atoms. The van der Waals surface area contributed by atoms with Gasteiger partial charge in [-0.2, -0.15) is 0 Å². The number of rotatable bonds is 3. The summed E-state index contributed by atoms with van der Waals surface area (Å²) in [5.74, 6) is 0.481. The van der Waals surface area contributed by atoms with Crippen molar-refractivity contribution in [2.75, 3.05) is 12.8 Å². The molecule has 0 fully saturated rings. The third kappa shape index (κ3) is 4.22. The predicted octanol–water partition coefficient (Wildman–Crippen LogP) is 3.29. The number of benzene rings is 1. The van der Waals surface area contributed by atoms with Crippen LogP contribution in [0.4, 0.5) is 5.82 Å². The second kappa shape index (κ2) is 7.76. The van der Waals surface area contributed by atoms with Gasteiger partial charge in [-0.1, -0.05) is 26.0 Å². The summed E-state index contributed by atoms with van der Waals surface area (Å²) in [6, 6.07) is 8.13. The Labute approximate surface area is 119 Å². The molecule has 0 radical (unpaired) electrons. The summed E-state index contributed by atoms with van der Waals surface area (Å²) in [6.45, 7) is 5.86. The summed E-state index contributed by atoms with van der Waals surface area (Å²) in [4.78, 5) is 9.69. The average molecular weight is 276 g/mol. The van der Waals surface area contributed by atoms with E-state index in [0.717, 1.165) is 21.8 Å². The molecule has 0 bridgehead atoms. The molecule has 0 aliphatic carbocycles. The predicted molar refractivity (Wildman–Crippen MR) is 82.9 cm³/mol. The van der Waals surface area contributed by atoms with Crippen LogP contribution in [-0.2, 0) is 0 Å². The first-order chi connectivity index (χ1) is 9.20. The van der Waals surface area contributed by atoms with Gasteiger partial charge < -0.3 is 5.73 Å². The molecule has 102 valence electrons. The summed E-state index contributed by atoms with van der Waals surface area (Å²) in [5, 5.41) is 0. The van der Waals surface area contributed by atoms with Crippen LogP contribution >= 0.6 is 11.9 Å². The molecule has 1 aromatic carbocycles. The smallest absolute Gasteiger partial charge is 0.144 e. The first-order valence-corrected chi connectivity index (χ1v) is 7.05. The highest BCUT2D eigenvalue weighted by Crippen LogP contribution is 2.23. The van der Waals surface area contributed by atoms with Crippen molar-refractivity contribution in [2.24, 2.45) is 0 Å². The van der Waals surface area contributed by atoms with Crippen LogP contribution in [0.1, 0.15) is 19.5 Å². The lowest BCUT2D eigenvalue weighted by Crippen LogP contribution is -1.98. The van der Waals surface area contributed by atoms with Crippen molar-refractivity contribution in [2.45, 2.75) is 25.7 Å². The Hall–Kier alpha value is -1.59. The Balaban J connectivity index is 0.000000861. The van der Waals surface area contributed by atoms with Crippen LogP contribution in [0.2, 0.25) is 0 Å². The van der Waals surface area contributed by atoms with E-state index in [-0.39, 0.29) is 0 Å². The van der Waals surface area contributed by atoms with Crippen molar-refractivity contribution < 1.29 is 0 Å². The number of hydrogen-bond acceptors (Lipinski definition) is 5. The van der Waals surface area contributed by atoms with E-state index in [1.807, 2.05) is 46.0 Å². The number of nitrogen functional groups attached to an aromatic ring is 1. The maximum absolute atomic E-state index is 5.66. The monoisotopic (exact) mass is 276 g/mol. The van der Waals surface area contributed by atoms with Crippen LogP contribution in [0.25, 0.3) is 11.3 Å². The molecule has 0 atom stereocenters. The Morgan fingerprint density at radius 1 is 1.26 bits per heavy atom. The summed E-state index contributed by atoms with van der Waals surface area (Å²) in [5.41, 5.74) is 8.30. The third-order valence-electron chi connectivity index (χ3n) is 2.33. The van der Waals surface area contributed by atoms with E-state index in [2.05, 4.69) is 20.8 Å². The highest BCUT2D eigenvalue weighted by molar-refractivity contribution is 7.97. The second-order valence-corrected chi connectivity index (χ2v) is 4.64. The molecule has 19 heavy (non-hydrogen) atoms. The SMILES string of the molecule is CC.CNSc1cccc(-c2cnc(N)c(C)n2)c1. The molecule has 4 nitrogen and oxygen atoms in total. The zero-order valence-corrected chi connectivity index (χ0v) is 12.6. The summed E-state index contributed by atoms with van der Waals surface area (Å²) in [7, 11) is 1.89. The molecule has 0 saturated carbocycles. The molecule has 0 saturated heterocycles. The molecular weight excluding hydrogens is 256 g/mol. The lowest BCUT2D eigenvalue weighted by molar-refractivity contribution is 1.13. The first kappa shape index (κ1) is 15.5. The van der Waals surface area contributed by atoms with E-state index in [1.54, 1.807) is 18.1 Å². The quantitative estimate of drug-likeness (QED) is 0.842. The number of nitrogens with one attached hydrogen (secondary N) is 1. The van der Waals surface area contributed by atoms with E-state index in [0.29, 0.717) is 5.82 Å². The van der Waals surface area contributed by atoms with Gasteiger partial charge in [-0.05, 0) is 38.1 Å². The van der Waals surface area contributed by atoms with Crippen LogP contribution < -0.4 is 10.5 Å². The molecule has 0 amide bonds. The largest absolute Gasteiger partial charge is 0.382 e. The van der Waals surface area contributed by atoms with Crippen molar-refractivity contribution in [3.63, 3.8) is 0 Å². The second-order valence-electron chi connectivity index (χ2n) is 3.56. The van der Waals surface area contributed by atoms with Crippen molar-refractivity contribution in [3.8, 4) is 11.3 Å². The van der Waals surface area contributed by atoms with Crippen molar-refractivity contribution in [3.05, 3.63) is 36.2 Å². The number of aromatic nitrogens is 2. The lowest BCUT2D eigenvalue weighted by atomic mass is 10.1. The van der Waals surface area contributed by atoms with Crippen LogP contribution in [0.15, 0.2) is 35.4 Å². The van der Waals surface area contributed by atoms with E-state index in [4.69, 9.17) is 5.73 Å². The van der Waals surface area contributed by atoms with Gasteiger partial charge in [0.05, 0.1) is 17.6 Å². The van der Waals surface area contributed by atoms with Gasteiger partial charge in [-0.25, -0.2) is 9.97 Å². The van der Waals surface area contributed by atoms with Gasteiger partial charge in [0.1, 0.15) is 5.82 Å². The molecule has 1 heterocycles. The fourth-order valence-electron chi connectivity index (χ4n) is 1.47. The first-order valence-electron chi connectivity index (χ1n) is 6.24. The van der Waals surface area contributed by atoms with E-state index < -0.39 is 0 Å². The normalized spacial score (nSPS) is 9.68. The fraction of sp³-hybridized carbons (Fsp3) is 0.286. The Bertz CT molecular complexity index is 529. The van der Waals surface area contributed by atoms with Crippen molar-refractivity contribution >= 4 is 17.8 Å². The summed E-state index contributed by atoms with van der Waals surface area (Å²) < 4.78 is 3.04. The van der Waals surface area contributed by atoms with Crippen LogP contribution in [0.3, 0.4) is 0 Å². The zero-order valence-electron chi connectivity index (χ0n) is 11.8. The number of hydrogen-bond donors (Lipinski definition) is 2. The van der Waals surface area contributed by atoms with Crippen LogP contribution in [-0.4, -0.2) is 17.0 Å². The number of aryl methyl sites for hydroxylation is 1. The van der Waals surface area contributed by atoms with Crippen molar-refractivity contribution in [1.29, 1.82) is 0 Å². The van der Waals surface area contributed by atoms with Gasteiger partial charge >= 0.3 is 0 Å². The topological polar surface area (TPSA) is 63.8 Å². The van der Waals surface area contributed by atoms with Crippen LogP contribution in [0, 0.1) is 6.92 Å². The molecule has 0 unspecified atom stereocenters. The van der Waals surface area contributed by atoms with Gasteiger partial charge in [0.25, 0.3) is 0 Å². The summed E-state index contributed by atoms with van der Waals surface area (Å²) in [6.07, 6.45) is 1.70. The minimum atomic E-state index is 0.481. The fourth-order valence-corrected chi connectivity index (χ4v) is 2.03. The van der Waals surface area contributed by atoms with Gasteiger partial charge in [-0.3, -0.25) is 4.72 Å². The molecule has 2 aromatic rings. The molecule has 0 aliphatic rings. The molecule has 3 N–H and O–H groups in total. The van der Waals surface area contributed by atoms with E-state index in [9.17, 15) is 0 Å². The lowest BCUT2D eigenvalue weighted by Gasteiger charge is -2.05. The molecule has 0 aliphatic heterocycles. The van der Waals surface area contributed by atoms with Crippen molar-refractivity contribution in [1.82, 2.24) is 14.7 Å². The Morgan fingerprint density at radius 2 is 2.00 bits per heavy atom. The maximum Gasteiger partial charge on any atom is 0.144 e. The minimum absolute atomic E-state index is 0.481. The molecule has 1 aromatic heterocycles. The summed E-state index contributed by atoms with van der Waals surface area (Å²) >= 11 is 1.57. The Kier molecular flexibility index (Phi) is 6.32. The number of nitrogens with zero attached hydrogens (tertiary/aromatic N) is 2. The third-order valence-corrected chi connectivity index (χ3v) is 3.03. The zero-order chi connectivity index (χ0) is 14.3. The standard InChI is InChI=1S/C12H14N4S.C2H6/c1-8-12(13)15-7-11(16-8)9-4-3-5-10(6-9)17-14-2;1-2/h3-7,14H,1-2H3,(H2,13,15);1-2H3. The minimum Gasteiger partial charge on any atom is -0.382 e. The van der Waals surface area contributed by atoms with Gasteiger partial charge in [0.2, 0.25) is 0 Å². The molecular formula is C14H20N4S. The van der Waals surface area contributed by atoms with E-state index in [1.165, 1.54) is 0 Å². The highest BCUT2D eigenvalue weighted by Gasteiger charge is 2.04. The van der Waals surface area contributed by atoms with Gasteiger partial charge in [0, 0.05) is 10.5 Å². The molecule has 5 heteroatoms. The number of anilines is 1. The Morgan fingerprint density at radius 3 is 2.63 bits per heavy atom. The average Bonchev–Trinajstić information content (AvgIpc) is 2.45. The van der Waals surface area contributed by atoms with Crippen LogP contribution in [0.5, 0.6) is 0 Å².